The van der Waals surface area contributed by atoms with Crippen LogP contribution in [0, 0.1) is 0 Å². The van der Waals surface area contributed by atoms with Crippen LogP contribution in [0.25, 0.3) is 0 Å². The molecule has 0 saturated heterocycles. The quantitative estimate of drug-likeness (QED) is 0.747. The number of aryl methyl sites for hydroxylation is 1. The molecule has 2 aromatic heterocycles. The van der Waals surface area contributed by atoms with Crippen LogP contribution in [0.15, 0.2) is 42.9 Å². The Balaban J connectivity index is 1.48. The second kappa shape index (κ2) is 6.88. The Morgan fingerprint density at radius 2 is 2.08 bits per heavy atom. The zero-order valence-corrected chi connectivity index (χ0v) is 14.3. The van der Waals surface area contributed by atoms with Gasteiger partial charge in [-0.05, 0) is 18.6 Å². The first kappa shape index (κ1) is 15.6. The molecule has 0 atom stereocenters. The van der Waals surface area contributed by atoms with Crippen molar-refractivity contribution in [1.82, 2.24) is 24.7 Å². The number of hydrogen-bond donors (Lipinski definition) is 1. The van der Waals surface area contributed by atoms with Gasteiger partial charge in [0, 0.05) is 25.2 Å². The lowest BCUT2D eigenvalue weighted by molar-refractivity contribution is 0.643. The van der Waals surface area contributed by atoms with E-state index in [4.69, 9.17) is 0 Å². The Hall–Kier alpha value is -2.96. The molecule has 1 aliphatic heterocycles. The monoisotopic (exact) mass is 335 g/mol. The van der Waals surface area contributed by atoms with Crippen LogP contribution >= 0.6 is 0 Å². The van der Waals surface area contributed by atoms with Crippen LogP contribution in [-0.4, -0.2) is 31.3 Å². The fraction of sp³-hybridized carbons (Fsp3) is 0.333. The first-order valence-corrected chi connectivity index (χ1v) is 8.64. The lowest BCUT2D eigenvalue weighted by Crippen LogP contribution is -2.13. The summed E-state index contributed by atoms with van der Waals surface area (Å²) in [5, 5.41) is 11.4. The molecule has 0 saturated carbocycles. The van der Waals surface area contributed by atoms with E-state index in [1.54, 1.807) is 6.33 Å². The van der Waals surface area contributed by atoms with Gasteiger partial charge in [0.25, 0.3) is 0 Å². The largest absolute Gasteiger partial charge is 0.347 e. The van der Waals surface area contributed by atoms with E-state index in [1.807, 2.05) is 12.3 Å². The van der Waals surface area contributed by atoms with Crippen molar-refractivity contribution in [1.29, 1.82) is 0 Å². The number of fused-ring (bicyclic) bond motifs is 1. The van der Waals surface area contributed by atoms with Crippen molar-refractivity contribution in [3.63, 3.8) is 0 Å². The van der Waals surface area contributed by atoms with Crippen molar-refractivity contribution in [2.45, 2.75) is 32.9 Å². The van der Waals surface area contributed by atoms with Crippen molar-refractivity contribution in [3.05, 3.63) is 54.4 Å². The standard InChI is InChI=1S/C18H21N7/c1-2-9-24-13-21-23-17(24)12-20-18-19-11-16-15(22-18)8-10-25(16)14-6-4-3-5-7-14/h3-7,11,13H,2,8-10,12H2,1H3,(H,19,20,22). The Bertz CT molecular complexity index is 844. The molecule has 0 bridgehead atoms. The predicted octanol–water partition coefficient (Wildman–Crippen LogP) is 2.78. The van der Waals surface area contributed by atoms with Gasteiger partial charge in [-0.2, -0.15) is 0 Å². The van der Waals surface area contributed by atoms with Crippen molar-refractivity contribution in [2.75, 3.05) is 16.8 Å². The summed E-state index contributed by atoms with van der Waals surface area (Å²) in [7, 11) is 0. The van der Waals surface area contributed by atoms with Crippen LogP contribution in [-0.2, 0) is 19.5 Å². The molecule has 128 valence electrons. The molecule has 4 rings (SSSR count). The van der Waals surface area contributed by atoms with Crippen LogP contribution in [0.1, 0.15) is 24.9 Å². The fourth-order valence-electron chi connectivity index (χ4n) is 3.12. The summed E-state index contributed by atoms with van der Waals surface area (Å²) in [5.74, 6) is 1.54. The maximum absolute atomic E-state index is 4.68. The summed E-state index contributed by atoms with van der Waals surface area (Å²) in [6, 6.07) is 10.4. The number of nitrogens with one attached hydrogen (secondary N) is 1. The first-order valence-electron chi connectivity index (χ1n) is 8.64. The Labute approximate surface area is 146 Å². The van der Waals surface area contributed by atoms with Crippen LogP contribution < -0.4 is 10.2 Å². The number of rotatable bonds is 6. The highest BCUT2D eigenvalue weighted by Gasteiger charge is 2.22. The average Bonchev–Trinajstić information content (AvgIpc) is 3.27. The molecule has 0 fully saturated rings. The molecule has 1 aliphatic rings. The Morgan fingerprint density at radius 1 is 1.20 bits per heavy atom. The number of hydrogen-bond acceptors (Lipinski definition) is 6. The summed E-state index contributed by atoms with van der Waals surface area (Å²) in [4.78, 5) is 11.4. The number of anilines is 3. The van der Waals surface area contributed by atoms with E-state index in [-0.39, 0.29) is 0 Å². The van der Waals surface area contributed by atoms with Gasteiger partial charge in [-0.25, -0.2) is 9.97 Å². The third-order valence-electron chi connectivity index (χ3n) is 4.34. The first-order chi connectivity index (χ1) is 12.3. The third kappa shape index (κ3) is 3.17. The lowest BCUT2D eigenvalue weighted by atomic mass is 10.3. The topological polar surface area (TPSA) is 71.8 Å². The fourth-order valence-corrected chi connectivity index (χ4v) is 3.12. The van der Waals surface area contributed by atoms with Gasteiger partial charge in [-0.15, -0.1) is 10.2 Å². The zero-order valence-electron chi connectivity index (χ0n) is 14.3. The van der Waals surface area contributed by atoms with Crippen molar-refractivity contribution < 1.29 is 0 Å². The molecule has 0 aliphatic carbocycles. The van der Waals surface area contributed by atoms with Crippen LogP contribution in [0.4, 0.5) is 17.3 Å². The van der Waals surface area contributed by atoms with E-state index >= 15 is 0 Å². The minimum Gasteiger partial charge on any atom is -0.347 e. The molecule has 1 aromatic carbocycles. The van der Waals surface area contributed by atoms with Gasteiger partial charge in [0.1, 0.15) is 6.33 Å². The maximum Gasteiger partial charge on any atom is 0.223 e. The van der Waals surface area contributed by atoms with Gasteiger partial charge in [-0.3, -0.25) is 0 Å². The molecule has 0 radical (unpaired) electrons. The highest BCUT2D eigenvalue weighted by Crippen LogP contribution is 2.33. The van der Waals surface area contributed by atoms with Crippen LogP contribution in [0.5, 0.6) is 0 Å². The van der Waals surface area contributed by atoms with Gasteiger partial charge in [0.15, 0.2) is 5.82 Å². The van der Waals surface area contributed by atoms with Crippen LogP contribution in [0.2, 0.25) is 0 Å². The van der Waals surface area contributed by atoms with Crippen molar-refractivity contribution in [2.24, 2.45) is 0 Å². The molecule has 3 heterocycles. The molecule has 25 heavy (non-hydrogen) atoms. The molecule has 0 spiro atoms. The Morgan fingerprint density at radius 3 is 2.92 bits per heavy atom. The van der Waals surface area contributed by atoms with E-state index in [2.05, 4.69) is 66.1 Å². The molecule has 7 nitrogen and oxygen atoms in total. The zero-order chi connectivity index (χ0) is 17.1. The van der Waals surface area contributed by atoms with Gasteiger partial charge >= 0.3 is 0 Å². The normalized spacial score (nSPS) is 13.1. The average molecular weight is 335 g/mol. The minimum atomic E-state index is 0.571. The number of para-hydroxylation sites is 1. The third-order valence-corrected chi connectivity index (χ3v) is 4.34. The van der Waals surface area contributed by atoms with Crippen LogP contribution in [0.3, 0.4) is 0 Å². The second-order valence-corrected chi connectivity index (χ2v) is 6.06. The van der Waals surface area contributed by atoms with E-state index in [1.165, 1.54) is 5.69 Å². The summed E-state index contributed by atoms with van der Waals surface area (Å²) in [6.45, 7) is 4.56. The summed E-state index contributed by atoms with van der Waals surface area (Å²) in [6.07, 6.45) is 5.65. The molecule has 3 aromatic rings. The highest BCUT2D eigenvalue weighted by atomic mass is 15.3. The van der Waals surface area contributed by atoms with E-state index in [0.29, 0.717) is 12.5 Å². The summed E-state index contributed by atoms with van der Waals surface area (Å²) >= 11 is 0. The SMILES string of the molecule is CCCn1cnnc1CNc1ncc2c(n1)CCN2c1ccccc1. The van der Waals surface area contributed by atoms with E-state index in [0.717, 1.165) is 43.1 Å². The smallest absolute Gasteiger partial charge is 0.223 e. The predicted molar refractivity (Wildman–Crippen MR) is 96.8 cm³/mol. The Kier molecular flexibility index (Phi) is 4.28. The minimum absolute atomic E-state index is 0.571. The second-order valence-electron chi connectivity index (χ2n) is 6.06. The highest BCUT2D eigenvalue weighted by molar-refractivity contribution is 5.68. The van der Waals surface area contributed by atoms with Gasteiger partial charge in [0.2, 0.25) is 5.95 Å². The lowest BCUT2D eigenvalue weighted by Gasteiger charge is -2.18. The van der Waals surface area contributed by atoms with E-state index in [9.17, 15) is 0 Å². The molecular weight excluding hydrogens is 314 g/mol. The van der Waals surface area contributed by atoms with Crippen molar-refractivity contribution >= 4 is 17.3 Å². The molecule has 0 unspecified atom stereocenters. The van der Waals surface area contributed by atoms with E-state index < -0.39 is 0 Å². The number of benzene rings is 1. The molecule has 0 amide bonds. The summed E-state index contributed by atoms with van der Waals surface area (Å²) < 4.78 is 2.05. The molecule has 7 heteroatoms. The van der Waals surface area contributed by atoms with Crippen molar-refractivity contribution in [3.8, 4) is 0 Å². The number of aromatic nitrogens is 5. The molecular formula is C18H21N7. The molecule has 1 N–H and O–H groups in total. The van der Waals surface area contributed by atoms with Gasteiger partial charge < -0.3 is 14.8 Å². The number of nitrogens with zero attached hydrogens (tertiary/aromatic N) is 6. The maximum atomic E-state index is 4.68. The summed E-state index contributed by atoms with van der Waals surface area (Å²) in [5.41, 5.74) is 3.35. The van der Waals surface area contributed by atoms with Gasteiger partial charge in [-0.1, -0.05) is 25.1 Å². The van der Waals surface area contributed by atoms with Gasteiger partial charge in [0.05, 0.1) is 24.1 Å².